The second kappa shape index (κ2) is 7.23. The van der Waals surface area contributed by atoms with E-state index >= 15 is 0 Å². The largest absolute Gasteiger partial charge is 0.480 e. The highest BCUT2D eigenvalue weighted by atomic mass is 79.9. The average molecular weight is 332 g/mol. The summed E-state index contributed by atoms with van der Waals surface area (Å²) in [5, 5.41) is 11.4. The number of carboxylic acids is 1. The first-order valence-corrected chi connectivity index (χ1v) is 6.73. The van der Waals surface area contributed by atoms with E-state index < -0.39 is 23.7 Å². The van der Waals surface area contributed by atoms with Gasteiger partial charge in [0.05, 0.1) is 4.47 Å². The summed E-state index contributed by atoms with van der Waals surface area (Å²) in [6.07, 6.45) is 1.90. The molecule has 0 bridgehead atoms. The molecule has 1 amide bonds. The van der Waals surface area contributed by atoms with Gasteiger partial charge < -0.3 is 10.4 Å². The molecule has 0 unspecified atom stereocenters. The van der Waals surface area contributed by atoms with Crippen molar-refractivity contribution in [1.29, 1.82) is 0 Å². The van der Waals surface area contributed by atoms with Crippen LogP contribution in [0.25, 0.3) is 0 Å². The molecule has 1 atom stereocenters. The highest BCUT2D eigenvalue weighted by Gasteiger charge is 2.20. The van der Waals surface area contributed by atoms with E-state index in [1.807, 2.05) is 6.92 Å². The molecule has 6 heteroatoms. The van der Waals surface area contributed by atoms with E-state index in [1.54, 1.807) is 0 Å². The van der Waals surface area contributed by atoms with Crippen molar-refractivity contribution < 1.29 is 19.1 Å². The van der Waals surface area contributed by atoms with Crippen molar-refractivity contribution in [2.24, 2.45) is 0 Å². The second-order valence-electron chi connectivity index (χ2n) is 4.14. The lowest BCUT2D eigenvalue weighted by Crippen LogP contribution is -2.40. The van der Waals surface area contributed by atoms with Crippen LogP contribution in [0.15, 0.2) is 22.7 Å². The first-order valence-electron chi connectivity index (χ1n) is 5.94. The standard InChI is InChI=1S/C13H15BrFNO3/c1-2-3-4-11(13(18)19)16-12(17)8-5-6-9(14)10(15)7-8/h5-7,11H,2-4H2,1H3,(H,16,17)(H,18,19)/t11-/m0/s1. The van der Waals surface area contributed by atoms with Crippen LogP contribution in [0.4, 0.5) is 4.39 Å². The van der Waals surface area contributed by atoms with Crippen molar-refractivity contribution in [2.45, 2.75) is 32.2 Å². The lowest BCUT2D eigenvalue weighted by Gasteiger charge is -2.14. The van der Waals surface area contributed by atoms with Gasteiger partial charge in [0, 0.05) is 5.56 Å². The highest BCUT2D eigenvalue weighted by molar-refractivity contribution is 9.10. The Morgan fingerprint density at radius 3 is 2.68 bits per heavy atom. The van der Waals surface area contributed by atoms with E-state index in [0.717, 1.165) is 12.5 Å². The molecule has 0 radical (unpaired) electrons. The summed E-state index contributed by atoms with van der Waals surface area (Å²) in [4.78, 5) is 22.8. The Kier molecular flexibility index (Phi) is 5.95. The molecule has 0 aromatic heterocycles. The van der Waals surface area contributed by atoms with Crippen molar-refractivity contribution in [2.75, 3.05) is 0 Å². The summed E-state index contributed by atoms with van der Waals surface area (Å²) in [7, 11) is 0. The van der Waals surface area contributed by atoms with Gasteiger partial charge in [-0.15, -0.1) is 0 Å². The molecule has 0 fully saturated rings. The van der Waals surface area contributed by atoms with Crippen LogP contribution in [0, 0.1) is 5.82 Å². The Hall–Kier alpha value is -1.43. The summed E-state index contributed by atoms with van der Waals surface area (Å²) in [6, 6.07) is 2.96. The predicted molar refractivity (Wildman–Crippen MR) is 72.5 cm³/mol. The van der Waals surface area contributed by atoms with Crippen molar-refractivity contribution in [3.05, 3.63) is 34.1 Å². The molecule has 104 valence electrons. The summed E-state index contributed by atoms with van der Waals surface area (Å²) in [6.45, 7) is 1.94. The predicted octanol–water partition coefficient (Wildman–Crippen LogP) is 2.96. The molecule has 2 N–H and O–H groups in total. The van der Waals surface area contributed by atoms with Crippen LogP contribution in [-0.2, 0) is 4.79 Å². The number of hydrogen-bond acceptors (Lipinski definition) is 2. The zero-order valence-corrected chi connectivity index (χ0v) is 12.0. The molecule has 0 aliphatic heterocycles. The maximum absolute atomic E-state index is 13.3. The second-order valence-corrected chi connectivity index (χ2v) is 4.99. The molecule has 19 heavy (non-hydrogen) atoms. The minimum absolute atomic E-state index is 0.100. The first-order chi connectivity index (χ1) is 8.95. The van der Waals surface area contributed by atoms with E-state index in [4.69, 9.17) is 5.11 Å². The van der Waals surface area contributed by atoms with E-state index in [0.29, 0.717) is 12.8 Å². The molecule has 1 aromatic rings. The molecule has 0 aliphatic rings. The number of rotatable bonds is 6. The third kappa shape index (κ3) is 4.63. The Bertz CT molecular complexity index is 479. The van der Waals surface area contributed by atoms with Crippen LogP contribution in [0.1, 0.15) is 36.5 Å². The zero-order chi connectivity index (χ0) is 14.4. The molecular formula is C13H15BrFNO3. The number of carbonyl (C=O) groups is 2. The monoisotopic (exact) mass is 331 g/mol. The fraction of sp³-hybridized carbons (Fsp3) is 0.385. The normalized spacial score (nSPS) is 11.9. The fourth-order valence-electron chi connectivity index (χ4n) is 1.54. The van der Waals surface area contributed by atoms with Gasteiger partial charge in [-0.1, -0.05) is 19.8 Å². The third-order valence-corrected chi connectivity index (χ3v) is 3.27. The average Bonchev–Trinajstić information content (AvgIpc) is 2.37. The van der Waals surface area contributed by atoms with E-state index in [1.165, 1.54) is 12.1 Å². The Labute approximate surface area is 119 Å². The van der Waals surface area contributed by atoms with Crippen molar-refractivity contribution >= 4 is 27.8 Å². The molecule has 0 aliphatic carbocycles. The van der Waals surface area contributed by atoms with Gasteiger partial charge in [-0.2, -0.15) is 0 Å². The van der Waals surface area contributed by atoms with Crippen molar-refractivity contribution in [1.82, 2.24) is 5.32 Å². The number of nitrogens with one attached hydrogen (secondary N) is 1. The van der Waals surface area contributed by atoms with Crippen LogP contribution in [0.2, 0.25) is 0 Å². The maximum atomic E-state index is 13.3. The van der Waals surface area contributed by atoms with Gasteiger partial charge in [-0.05, 0) is 40.5 Å². The van der Waals surface area contributed by atoms with Gasteiger partial charge in [0.1, 0.15) is 11.9 Å². The molecule has 0 heterocycles. The Balaban J connectivity index is 2.75. The van der Waals surface area contributed by atoms with Gasteiger partial charge in [0.25, 0.3) is 5.91 Å². The van der Waals surface area contributed by atoms with Gasteiger partial charge >= 0.3 is 5.97 Å². The minimum Gasteiger partial charge on any atom is -0.480 e. The van der Waals surface area contributed by atoms with E-state index in [9.17, 15) is 14.0 Å². The fourth-order valence-corrected chi connectivity index (χ4v) is 1.79. The number of aliphatic carboxylic acids is 1. The smallest absolute Gasteiger partial charge is 0.326 e. The molecule has 0 spiro atoms. The highest BCUT2D eigenvalue weighted by Crippen LogP contribution is 2.16. The summed E-state index contributed by atoms with van der Waals surface area (Å²) < 4.78 is 13.5. The lowest BCUT2D eigenvalue weighted by atomic mass is 10.1. The van der Waals surface area contributed by atoms with Gasteiger partial charge in [-0.25, -0.2) is 9.18 Å². The van der Waals surface area contributed by atoms with E-state index in [-0.39, 0.29) is 10.0 Å². The Morgan fingerprint density at radius 1 is 1.47 bits per heavy atom. The summed E-state index contributed by atoms with van der Waals surface area (Å²) >= 11 is 2.99. The quantitative estimate of drug-likeness (QED) is 0.842. The Morgan fingerprint density at radius 2 is 2.16 bits per heavy atom. The molecule has 0 saturated carbocycles. The van der Waals surface area contributed by atoms with Crippen molar-refractivity contribution in [3.63, 3.8) is 0 Å². The van der Waals surface area contributed by atoms with Crippen LogP contribution in [-0.4, -0.2) is 23.0 Å². The van der Waals surface area contributed by atoms with Gasteiger partial charge in [0.2, 0.25) is 0 Å². The van der Waals surface area contributed by atoms with E-state index in [2.05, 4.69) is 21.2 Å². The number of halogens is 2. The first kappa shape index (κ1) is 15.6. The summed E-state index contributed by atoms with van der Waals surface area (Å²) in [5.41, 5.74) is 0.100. The SMILES string of the molecule is CCCC[C@H](NC(=O)c1ccc(Br)c(F)c1)C(=O)O. The molecule has 4 nitrogen and oxygen atoms in total. The summed E-state index contributed by atoms with van der Waals surface area (Å²) in [5.74, 6) is -2.23. The van der Waals surface area contributed by atoms with Gasteiger partial charge in [0.15, 0.2) is 0 Å². The number of carbonyl (C=O) groups excluding carboxylic acids is 1. The molecule has 1 rings (SSSR count). The van der Waals surface area contributed by atoms with Crippen LogP contribution in [0.3, 0.4) is 0 Å². The van der Waals surface area contributed by atoms with Crippen molar-refractivity contribution in [3.8, 4) is 0 Å². The van der Waals surface area contributed by atoms with Crippen LogP contribution >= 0.6 is 15.9 Å². The number of amides is 1. The number of carboxylic acid groups (broad SMARTS) is 1. The molecule has 1 aromatic carbocycles. The minimum atomic E-state index is -1.08. The number of benzene rings is 1. The van der Waals surface area contributed by atoms with Crippen LogP contribution in [0.5, 0.6) is 0 Å². The zero-order valence-electron chi connectivity index (χ0n) is 10.5. The molecular weight excluding hydrogens is 317 g/mol. The number of hydrogen-bond donors (Lipinski definition) is 2. The van der Waals surface area contributed by atoms with Gasteiger partial charge in [-0.3, -0.25) is 4.79 Å². The third-order valence-electron chi connectivity index (χ3n) is 2.63. The molecule has 0 saturated heterocycles. The topological polar surface area (TPSA) is 66.4 Å². The maximum Gasteiger partial charge on any atom is 0.326 e. The van der Waals surface area contributed by atoms with Crippen LogP contribution < -0.4 is 5.32 Å². The lowest BCUT2D eigenvalue weighted by molar-refractivity contribution is -0.139. The number of unbranched alkanes of at least 4 members (excludes halogenated alkanes) is 1.